The van der Waals surface area contributed by atoms with Gasteiger partial charge in [-0.1, -0.05) is 0 Å². The SMILES string of the molecule is O=COBr.[Ba+2].[H-].[H-]. The van der Waals surface area contributed by atoms with Crippen LogP contribution in [0.3, 0.4) is 0 Å². The summed E-state index contributed by atoms with van der Waals surface area (Å²) in [6.07, 6.45) is 0. The third-order valence-electron chi connectivity index (χ3n) is 0.0364. The molecular formula is CH3BaBrO2. The average Bonchev–Trinajstić information content (AvgIpc) is 1.37. The summed E-state index contributed by atoms with van der Waals surface area (Å²) in [5.41, 5.74) is 0. The van der Waals surface area contributed by atoms with E-state index in [1.54, 1.807) is 0 Å². The largest absolute Gasteiger partial charge is 2.00 e. The van der Waals surface area contributed by atoms with Crippen LogP contribution in [0, 0.1) is 0 Å². The van der Waals surface area contributed by atoms with Crippen molar-refractivity contribution in [3.63, 3.8) is 0 Å². The molecule has 0 bridgehead atoms. The van der Waals surface area contributed by atoms with E-state index in [1.807, 2.05) is 0 Å². The first kappa shape index (κ1) is 9.73. The van der Waals surface area contributed by atoms with Crippen molar-refractivity contribution in [1.82, 2.24) is 0 Å². The minimum atomic E-state index is 0. The zero-order valence-corrected chi connectivity index (χ0v) is 8.51. The third kappa shape index (κ3) is 10.8. The fourth-order valence-corrected chi connectivity index (χ4v) is 0. The molecule has 4 heteroatoms. The van der Waals surface area contributed by atoms with Gasteiger partial charge in [-0.15, -0.1) is 0 Å². The summed E-state index contributed by atoms with van der Waals surface area (Å²) in [4.78, 5) is 8.90. The van der Waals surface area contributed by atoms with Gasteiger partial charge in [-0.05, 0) is 0 Å². The Morgan fingerprint density at radius 1 is 2.00 bits per heavy atom. The van der Waals surface area contributed by atoms with Crippen LogP contribution in [0.1, 0.15) is 2.85 Å². The summed E-state index contributed by atoms with van der Waals surface area (Å²) in [5, 5.41) is 0. The maximum absolute atomic E-state index is 8.90. The molecule has 0 N–H and O–H groups in total. The fraction of sp³-hybridized carbons (Fsp3) is 0. The average molecular weight is 264 g/mol. The first-order chi connectivity index (χ1) is 1.91. The molecule has 0 amide bonds. The zero-order valence-electron chi connectivity index (χ0n) is 4.48. The molecule has 0 heterocycles. The van der Waals surface area contributed by atoms with Crippen LogP contribution in [0.2, 0.25) is 0 Å². The molecule has 28 valence electrons. The normalized spacial score (nSPS) is 4.20. The molecule has 0 aliphatic carbocycles. The second-order valence-electron chi connectivity index (χ2n) is 0.185. The van der Waals surface area contributed by atoms with Crippen LogP contribution in [0.5, 0.6) is 0 Å². The Morgan fingerprint density at radius 3 is 2.20 bits per heavy atom. The molecule has 0 rings (SSSR count). The van der Waals surface area contributed by atoms with Gasteiger partial charge in [-0.2, -0.15) is 0 Å². The zero-order chi connectivity index (χ0) is 3.41. The molecule has 0 aromatic heterocycles. The van der Waals surface area contributed by atoms with Crippen molar-refractivity contribution in [3.8, 4) is 0 Å². The number of halogens is 1. The van der Waals surface area contributed by atoms with E-state index in [-0.39, 0.29) is 51.7 Å². The van der Waals surface area contributed by atoms with E-state index in [0.29, 0.717) is 6.47 Å². The second kappa shape index (κ2) is 9.10. The predicted molar refractivity (Wildman–Crippen MR) is 24.1 cm³/mol. The maximum atomic E-state index is 8.90. The van der Waals surface area contributed by atoms with Gasteiger partial charge in [0.2, 0.25) is 0 Å². The summed E-state index contributed by atoms with van der Waals surface area (Å²) in [6, 6.07) is 0. The van der Waals surface area contributed by atoms with Crippen molar-refractivity contribution in [3.05, 3.63) is 0 Å². The molecule has 0 radical (unpaired) electrons. The molecule has 0 saturated carbocycles. The monoisotopic (exact) mass is 264 g/mol. The van der Waals surface area contributed by atoms with Crippen molar-refractivity contribution in [2.75, 3.05) is 0 Å². The molecule has 0 aliphatic heterocycles. The van der Waals surface area contributed by atoms with Crippen LogP contribution in [0.4, 0.5) is 0 Å². The molecule has 0 spiro atoms. The third-order valence-corrected chi connectivity index (χ3v) is 0.189. The molecule has 0 saturated heterocycles. The van der Waals surface area contributed by atoms with Gasteiger partial charge >= 0.3 is 55.4 Å². The van der Waals surface area contributed by atoms with Crippen molar-refractivity contribution in [2.24, 2.45) is 0 Å². The molecule has 2 nitrogen and oxygen atoms in total. The Balaban J connectivity index is -0.0000000150. The molecular weight excluding hydrogens is 261 g/mol. The molecule has 0 fully saturated rings. The van der Waals surface area contributed by atoms with Gasteiger partial charge in [0, 0.05) is 0 Å². The Morgan fingerprint density at radius 2 is 2.20 bits per heavy atom. The van der Waals surface area contributed by atoms with Crippen LogP contribution in [-0.2, 0) is 8.62 Å². The first-order valence-electron chi connectivity index (χ1n) is 0.626. The smallest absolute Gasteiger partial charge is 1.00 e. The number of hydrogen-bond donors (Lipinski definition) is 0. The van der Waals surface area contributed by atoms with Crippen LogP contribution in [-0.4, -0.2) is 55.4 Å². The van der Waals surface area contributed by atoms with Crippen molar-refractivity contribution in [2.45, 2.75) is 0 Å². The van der Waals surface area contributed by atoms with Gasteiger partial charge in [0.25, 0.3) is 0 Å². The van der Waals surface area contributed by atoms with Gasteiger partial charge < -0.3 is 6.68 Å². The van der Waals surface area contributed by atoms with Crippen molar-refractivity contribution in [1.29, 1.82) is 0 Å². The quantitative estimate of drug-likeness (QED) is 0.503. The van der Waals surface area contributed by atoms with E-state index >= 15 is 0 Å². The standard InChI is InChI=1S/CHBrO2.Ba.2H/c2-4-1-3;;;/h1H;;;/q;+2;2*-1. The topological polar surface area (TPSA) is 26.3 Å². The van der Waals surface area contributed by atoms with Crippen molar-refractivity contribution < 1.29 is 11.5 Å². The number of carbonyl (C=O) groups excluding carboxylic acids is 1. The summed E-state index contributed by atoms with van der Waals surface area (Å²) >= 11 is 2.38. The van der Waals surface area contributed by atoms with E-state index in [9.17, 15) is 0 Å². The second-order valence-corrected chi connectivity index (χ2v) is 0.559. The van der Waals surface area contributed by atoms with Gasteiger partial charge in [0.1, 0.15) is 0 Å². The van der Waals surface area contributed by atoms with E-state index in [0.717, 1.165) is 0 Å². The van der Waals surface area contributed by atoms with Gasteiger partial charge in [0.05, 0.1) is 0 Å². The molecule has 0 unspecified atom stereocenters. The van der Waals surface area contributed by atoms with Crippen LogP contribution < -0.4 is 0 Å². The molecule has 0 aliphatic rings. The minimum Gasteiger partial charge on any atom is -1.00 e. The minimum absolute atomic E-state index is 0. The number of rotatable bonds is 1. The van der Waals surface area contributed by atoms with Crippen LogP contribution in [0.15, 0.2) is 0 Å². The summed E-state index contributed by atoms with van der Waals surface area (Å²) in [5.74, 6) is 0. The van der Waals surface area contributed by atoms with E-state index < -0.39 is 0 Å². The Bertz CT molecular complexity index is 29.7. The molecule has 0 aromatic rings. The summed E-state index contributed by atoms with van der Waals surface area (Å²) < 4.78 is 3.67. The maximum Gasteiger partial charge on any atom is 2.00 e. The predicted octanol–water partition coefficient (Wildman–Crippen LogP) is 0.314. The molecule has 0 atom stereocenters. The van der Waals surface area contributed by atoms with E-state index in [1.165, 1.54) is 0 Å². The molecule has 5 heavy (non-hydrogen) atoms. The van der Waals surface area contributed by atoms with Crippen molar-refractivity contribution >= 4 is 71.6 Å². The van der Waals surface area contributed by atoms with E-state index in [2.05, 4.69) is 20.1 Å². The number of hydrogen-bond acceptors (Lipinski definition) is 2. The fourth-order valence-electron chi connectivity index (χ4n) is 0. The molecule has 0 aromatic carbocycles. The summed E-state index contributed by atoms with van der Waals surface area (Å²) in [7, 11) is 0. The van der Waals surface area contributed by atoms with Gasteiger partial charge in [-0.25, -0.2) is 0 Å². The van der Waals surface area contributed by atoms with Gasteiger partial charge in [-0.3, -0.25) is 4.79 Å². The first-order valence-corrected chi connectivity index (χ1v) is 1.27. The Hall–Kier alpha value is 1.52. The van der Waals surface area contributed by atoms with E-state index in [4.69, 9.17) is 4.79 Å². The Labute approximate surface area is 81.8 Å². The Kier molecular flexibility index (Phi) is 17.7. The number of carbonyl (C=O) groups is 1. The van der Waals surface area contributed by atoms with Crippen LogP contribution in [0.25, 0.3) is 0 Å². The van der Waals surface area contributed by atoms with Gasteiger partial charge in [0.15, 0.2) is 16.3 Å². The van der Waals surface area contributed by atoms with Crippen LogP contribution >= 0.6 is 16.3 Å². The summed E-state index contributed by atoms with van der Waals surface area (Å²) in [6.45, 7) is 0.292.